The number of hydrogen-bond donors (Lipinski definition) is 2. The van der Waals surface area contributed by atoms with E-state index in [2.05, 4.69) is 28.4 Å². The van der Waals surface area contributed by atoms with Crippen molar-refractivity contribution in [3.05, 3.63) is 0 Å². The van der Waals surface area contributed by atoms with Crippen molar-refractivity contribution in [1.82, 2.24) is 10.2 Å². The summed E-state index contributed by atoms with van der Waals surface area (Å²) in [5.41, 5.74) is 0. The normalized spacial score (nSPS) is 19.8. The molecular weight excluding hydrogens is 361 g/mol. The number of hydrogen-bond acceptors (Lipinski definition) is 3. The molecule has 18 heavy (non-hydrogen) atoms. The molecule has 1 rings (SSSR count). The summed E-state index contributed by atoms with van der Waals surface area (Å²) in [4.78, 5) is 6.77. The lowest BCUT2D eigenvalue weighted by Crippen LogP contribution is -2.40. The zero-order valence-electron chi connectivity index (χ0n) is 11.4. The van der Waals surface area contributed by atoms with Gasteiger partial charge in [0.15, 0.2) is 5.96 Å². The first kappa shape index (κ1) is 18.3. The van der Waals surface area contributed by atoms with Gasteiger partial charge in [-0.1, -0.05) is 0 Å². The van der Waals surface area contributed by atoms with Crippen molar-refractivity contribution in [3.63, 3.8) is 0 Å². The number of aliphatic hydroxyl groups is 1. The summed E-state index contributed by atoms with van der Waals surface area (Å²) >= 11 is 1.89. The van der Waals surface area contributed by atoms with Crippen LogP contribution in [0.2, 0.25) is 0 Å². The SMILES string of the molecule is CCNC(=NCCCCSC)N1CC[C@@H](O)C1.I. The van der Waals surface area contributed by atoms with Crippen molar-refractivity contribution < 1.29 is 5.11 Å². The minimum atomic E-state index is -0.185. The molecule has 1 atom stereocenters. The van der Waals surface area contributed by atoms with Gasteiger partial charge in [0.05, 0.1) is 6.10 Å². The number of aliphatic imine (C=N–C) groups is 1. The number of rotatable bonds is 6. The van der Waals surface area contributed by atoms with Crippen LogP contribution in [0.5, 0.6) is 0 Å². The Morgan fingerprint density at radius 2 is 2.28 bits per heavy atom. The van der Waals surface area contributed by atoms with Gasteiger partial charge in [0, 0.05) is 26.2 Å². The second-order valence-electron chi connectivity index (χ2n) is 4.32. The van der Waals surface area contributed by atoms with Gasteiger partial charge < -0.3 is 15.3 Å². The topological polar surface area (TPSA) is 47.9 Å². The van der Waals surface area contributed by atoms with Crippen molar-refractivity contribution >= 4 is 41.7 Å². The van der Waals surface area contributed by atoms with Gasteiger partial charge in [-0.3, -0.25) is 4.99 Å². The molecule has 0 aromatic rings. The Kier molecular flexibility index (Phi) is 11.4. The average Bonchev–Trinajstić information content (AvgIpc) is 2.74. The van der Waals surface area contributed by atoms with Crippen LogP contribution >= 0.6 is 35.7 Å². The molecule has 2 N–H and O–H groups in total. The third-order valence-corrected chi connectivity index (χ3v) is 3.51. The van der Waals surface area contributed by atoms with Crippen LogP contribution < -0.4 is 5.32 Å². The fourth-order valence-corrected chi connectivity index (χ4v) is 2.40. The number of β-amino-alcohol motifs (C(OH)–C–C–N with tert-alkyl or cyclic N) is 1. The minimum Gasteiger partial charge on any atom is -0.391 e. The summed E-state index contributed by atoms with van der Waals surface area (Å²) in [6.07, 6.45) is 5.18. The molecule has 0 spiro atoms. The van der Waals surface area contributed by atoms with Crippen molar-refractivity contribution in [2.24, 2.45) is 4.99 Å². The van der Waals surface area contributed by atoms with Gasteiger partial charge in [0.2, 0.25) is 0 Å². The van der Waals surface area contributed by atoms with Crippen LogP contribution in [0.1, 0.15) is 26.2 Å². The third-order valence-electron chi connectivity index (χ3n) is 2.82. The maximum absolute atomic E-state index is 9.53. The molecule has 6 heteroatoms. The number of guanidine groups is 1. The van der Waals surface area contributed by atoms with Crippen LogP contribution in [0.25, 0.3) is 0 Å². The smallest absolute Gasteiger partial charge is 0.194 e. The van der Waals surface area contributed by atoms with Gasteiger partial charge in [-0.25, -0.2) is 0 Å². The molecule has 0 amide bonds. The van der Waals surface area contributed by atoms with E-state index in [-0.39, 0.29) is 30.1 Å². The van der Waals surface area contributed by atoms with Crippen LogP contribution in [-0.4, -0.2) is 60.3 Å². The summed E-state index contributed by atoms with van der Waals surface area (Å²) in [5, 5.41) is 12.8. The highest BCUT2D eigenvalue weighted by Gasteiger charge is 2.22. The zero-order chi connectivity index (χ0) is 12.5. The van der Waals surface area contributed by atoms with Crippen LogP contribution in [-0.2, 0) is 0 Å². The lowest BCUT2D eigenvalue weighted by atomic mass is 10.3. The Hall–Kier alpha value is 0.310. The molecule has 0 saturated carbocycles. The maximum Gasteiger partial charge on any atom is 0.194 e. The predicted octanol–water partition coefficient (Wildman–Crippen LogP) is 1.78. The lowest BCUT2D eigenvalue weighted by Gasteiger charge is -2.20. The van der Waals surface area contributed by atoms with Gasteiger partial charge in [-0.15, -0.1) is 24.0 Å². The lowest BCUT2D eigenvalue weighted by molar-refractivity contribution is 0.188. The third kappa shape index (κ3) is 7.04. The highest BCUT2D eigenvalue weighted by molar-refractivity contribution is 14.0. The largest absolute Gasteiger partial charge is 0.391 e. The standard InChI is InChI=1S/C12H25N3OS.HI/c1-3-13-12(14-7-4-5-9-17-2)15-8-6-11(16)10-15;/h11,16H,3-10H2,1-2H3,(H,13,14);1H/t11-;/m1./s1. The first-order valence-electron chi connectivity index (χ1n) is 6.48. The molecule has 0 aromatic heterocycles. The van der Waals surface area contributed by atoms with E-state index in [9.17, 15) is 5.11 Å². The van der Waals surface area contributed by atoms with Gasteiger partial charge in [0.1, 0.15) is 0 Å². The van der Waals surface area contributed by atoms with Crippen LogP contribution in [0.3, 0.4) is 0 Å². The molecule has 0 aromatic carbocycles. The predicted molar refractivity (Wildman–Crippen MR) is 91.2 cm³/mol. The number of halogens is 1. The van der Waals surface area contributed by atoms with Crippen molar-refractivity contribution in [2.75, 3.05) is 38.2 Å². The highest BCUT2D eigenvalue weighted by atomic mass is 127. The van der Waals surface area contributed by atoms with Crippen LogP contribution in [0.15, 0.2) is 4.99 Å². The van der Waals surface area contributed by atoms with E-state index in [0.29, 0.717) is 0 Å². The summed E-state index contributed by atoms with van der Waals surface area (Å²) in [7, 11) is 0. The fraction of sp³-hybridized carbons (Fsp3) is 0.917. The Morgan fingerprint density at radius 3 is 2.83 bits per heavy atom. The summed E-state index contributed by atoms with van der Waals surface area (Å²) in [6.45, 7) is 5.48. The van der Waals surface area contributed by atoms with Crippen molar-refractivity contribution in [3.8, 4) is 0 Å². The second-order valence-corrected chi connectivity index (χ2v) is 5.31. The maximum atomic E-state index is 9.53. The Labute approximate surface area is 132 Å². The summed E-state index contributed by atoms with van der Waals surface area (Å²) in [5.74, 6) is 2.18. The molecule has 1 aliphatic rings. The first-order chi connectivity index (χ1) is 8.27. The quantitative estimate of drug-likeness (QED) is 0.316. The van der Waals surface area contributed by atoms with E-state index in [1.54, 1.807) is 0 Å². The van der Waals surface area contributed by atoms with Gasteiger partial charge >= 0.3 is 0 Å². The molecule has 0 unspecified atom stereocenters. The average molecular weight is 387 g/mol. The van der Waals surface area contributed by atoms with Crippen LogP contribution in [0.4, 0.5) is 0 Å². The molecule has 1 aliphatic heterocycles. The summed E-state index contributed by atoms with van der Waals surface area (Å²) in [6, 6.07) is 0. The number of aliphatic hydroxyl groups excluding tert-OH is 1. The Morgan fingerprint density at radius 1 is 1.50 bits per heavy atom. The van der Waals surface area contributed by atoms with E-state index in [1.807, 2.05) is 11.8 Å². The Balaban J connectivity index is 0.00000289. The number of nitrogens with one attached hydrogen (secondary N) is 1. The molecular formula is C12H26IN3OS. The molecule has 1 saturated heterocycles. The molecule has 4 nitrogen and oxygen atoms in total. The fourth-order valence-electron chi connectivity index (χ4n) is 1.90. The van der Waals surface area contributed by atoms with E-state index >= 15 is 0 Å². The Bertz CT molecular complexity index is 241. The molecule has 0 bridgehead atoms. The van der Waals surface area contributed by atoms with Gasteiger partial charge in [0.25, 0.3) is 0 Å². The number of nitrogens with zero attached hydrogens (tertiary/aromatic N) is 2. The molecule has 1 heterocycles. The van der Waals surface area contributed by atoms with Crippen molar-refractivity contribution in [1.29, 1.82) is 0 Å². The summed E-state index contributed by atoms with van der Waals surface area (Å²) < 4.78 is 0. The minimum absolute atomic E-state index is 0. The van der Waals surface area contributed by atoms with Crippen LogP contribution in [0, 0.1) is 0 Å². The number of likely N-dealkylation sites (tertiary alicyclic amines) is 1. The molecule has 0 radical (unpaired) electrons. The van der Waals surface area contributed by atoms with Gasteiger partial charge in [-0.05, 0) is 38.2 Å². The molecule has 1 fully saturated rings. The first-order valence-corrected chi connectivity index (χ1v) is 7.87. The van der Waals surface area contributed by atoms with E-state index in [4.69, 9.17) is 0 Å². The number of thioether (sulfide) groups is 1. The van der Waals surface area contributed by atoms with Crippen molar-refractivity contribution in [2.45, 2.75) is 32.3 Å². The van der Waals surface area contributed by atoms with Gasteiger partial charge in [-0.2, -0.15) is 11.8 Å². The second kappa shape index (κ2) is 11.2. The molecule has 0 aliphatic carbocycles. The zero-order valence-corrected chi connectivity index (χ0v) is 14.5. The number of unbranched alkanes of at least 4 members (excludes halogenated alkanes) is 1. The van der Waals surface area contributed by atoms with E-state index < -0.39 is 0 Å². The molecule has 108 valence electrons. The monoisotopic (exact) mass is 387 g/mol. The van der Waals surface area contributed by atoms with E-state index in [0.717, 1.165) is 45.0 Å². The highest BCUT2D eigenvalue weighted by Crippen LogP contribution is 2.09. The van der Waals surface area contributed by atoms with E-state index in [1.165, 1.54) is 12.2 Å².